The Balaban J connectivity index is 1.88. The molecule has 0 bridgehead atoms. The van der Waals surface area contributed by atoms with Crippen molar-refractivity contribution in [3.63, 3.8) is 0 Å². The first-order chi connectivity index (χ1) is 14.5. The van der Waals surface area contributed by atoms with Gasteiger partial charge in [0.2, 0.25) is 0 Å². The summed E-state index contributed by atoms with van der Waals surface area (Å²) in [6.07, 6.45) is 0. The molecular formula is C22H26N4O4. The SMILES string of the molecule is CCN(CC)CCNc1ccc2c3c(nn2CCO)-c2c(O)ccc(O)c2C(=O)c13. The van der Waals surface area contributed by atoms with Crippen LogP contribution in [0.1, 0.15) is 29.8 Å². The lowest BCUT2D eigenvalue weighted by Gasteiger charge is -2.22. The van der Waals surface area contributed by atoms with Crippen LogP contribution in [0.5, 0.6) is 11.5 Å². The van der Waals surface area contributed by atoms with Crippen LogP contribution in [0.2, 0.25) is 0 Å². The Morgan fingerprint density at radius 3 is 2.40 bits per heavy atom. The topological polar surface area (TPSA) is 111 Å². The molecule has 1 heterocycles. The second-order valence-corrected chi connectivity index (χ2v) is 7.31. The van der Waals surface area contributed by atoms with E-state index in [1.165, 1.54) is 12.1 Å². The van der Waals surface area contributed by atoms with Gasteiger partial charge in [0, 0.05) is 24.2 Å². The van der Waals surface area contributed by atoms with Gasteiger partial charge in [0.1, 0.15) is 17.2 Å². The molecule has 4 N–H and O–H groups in total. The van der Waals surface area contributed by atoms with Gasteiger partial charge in [-0.15, -0.1) is 0 Å². The first kappa shape index (κ1) is 20.2. The third-order valence-electron chi connectivity index (χ3n) is 5.72. The highest BCUT2D eigenvalue weighted by molar-refractivity contribution is 6.29. The zero-order valence-electron chi connectivity index (χ0n) is 17.1. The average Bonchev–Trinajstić information content (AvgIpc) is 3.10. The summed E-state index contributed by atoms with van der Waals surface area (Å²) < 4.78 is 1.62. The number of aromatic hydroxyl groups is 2. The van der Waals surface area contributed by atoms with Crippen LogP contribution in [-0.4, -0.2) is 68.6 Å². The van der Waals surface area contributed by atoms with Crippen LogP contribution in [0, 0.1) is 0 Å². The van der Waals surface area contributed by atoms with Crippen molar-refractivity contribution in [2.75, 3.05) is 38.1 Å². The lowest BCUT2D eigenvalue weighted by molar-refractivity contribution is 0.103. The molecule has 1 aliphatic rings. The highest BCUT2D eigenvalue weighted by Crippen LogP contribution is 2.47. The Kier molecular flexibility index (Phi) is 5.36. The Labute approximate surface area is 174 Å². The number of aliphatic hydroxyl groups excluding tert-OH is 1. The maximum absolute atomic E-state index is 13.5. The van der Waals surface area contributed by atoms with Crippen molar-refractivity contribution in [1.29, 1.82) is 0 Å². The average molecular weight is 410 g/mol. The number of hydrogen-bond donors (Lipinski definition) is 4. The maximum atomic E-state index is 13.5. The number of phenols is 2. The number of ketones is 1. The van der Waals surface area contributed by atoms with Crippen molar-refractivity contribution in [1.82, 2.24) is 14.7 Å². The van der Waals surface area contributed by atoms with Crippen LogP contribution in [-0.2, 0) is 6.54 Å². The summed E-state index contributed by atoms with van der Waals surface area (Å²) in [5.41, 5.74) is 2.51. The number of aliphatic hydroxyl groups is 1. The molecule has 0 atom stereocenters. The third-order valence-corrected chi connectivity index (χ3v) is 5.72. The van der Waals surface area contributed by atoms with Crippen molar-refractivity contribution >= 4 is 22.4 Å². The van der Waals surface area contributed by atoms with Gasteiger partial charge >= 0.3 is 0 Å². The molecule has 0 saturated carbocycles. The molecule has 0 saturated heterocycles. The number of benzene rings is 2. The summed E-state index contributed by atoms with van der Waals surface area (Å²) >= 11 is 0. The van der Waals surface area contributed by atoms with Crippen molar-refractivity contribution in [2.24, 2.45) is 0 Å². The van der Waals surface area contributed by atoms with Gasteiger partial charge in [0.25, 0.3) is 0 Å². The monoisotopic (exact) mass is 410 g/mol. The number of nitrogens with zero attached hydrogens (tertiary/aromatic N) is 3. The van der Waals surface area contributed by atoms with Gasteiger partial charge < -0.3 is 25.5 Å². The Morgan fingerprint density at radius 2 is 1.73 bits per heavy atom. The zero-order valence-corrected chi connectivity index (χ0v) is 17.1. The fraction of sp³-hybridized carbons (Fsp3) is 0.364. The fourth-order valence-corrected chi connectivity index (χ4v) is 4.16. The number of nitrogens with one attached hydrogen (secondary N) is 1. The second kappa shape index (κ2) is 7.97. The normalized spacial score (nSPS) is 12.6. The van der Waals surface area contributed by atoms with E-state index in [4.69, 9.17) is 0 Å². The first-order valence-electron chi connectivity index (χ1n) is 10.2. The molecule has 1 aliphatic carbocycles. The van der Waals surface area contributed by atoms with Gasteiger partial charge in [-0.1, -0.05) is 13.8 Å². The van der Waals surface area contributed by atoms with Crippen molar-refractivity contribution in [3.8, 4) is 22.8 Å². The number of carbonyl (C=O) groups excluding carboxylic acids is 1. The molecule has 0 spiro atoms. The number of aromatic nitrogens is 2. The van der Waals surface area contributed by atoms with Gasteiger partial charge in [-0.2, -0.15) is 5.10 Å². The Bertz CT molecular complexity index is 1120. The summed E-state index contributed by atoms with van der Waals surface area (Å²) in [6, 6.07) is 6.37. The molecule has 0 unspecified atom stereocenters. The van der Waals surface area contributed by atoms with E-state index in [9.17, 15) is 20.1 Å². The molecule has 4 rings (SSSR count). The number of anilines is 1. The summed E-state index contributed by atoms with van der Waals surface area (Å²) in [7, 11) is 0. The number of carbonyl (C=O) groups is 1. The minimum Gasteiger partial charge on any atom is -0.507 e. The highest BCUT2D eigenvalue weighted by Gasteiger charge is 2.35. The van der Waals surface area contributed by atoms with Gasteiger partial charge in [0.05, 0.1) is 35.4 Å². The second-order valence-electron chi connectivity index (χ2n) is 7.31. The smallest absolute Gasteiger partial charge is 0.200 e. The fourth-order valence-electron chi connectivity index (χ4n) is 4.16. The lowest BCUT2D eigenvalue weighted by Crippen LogP contribution is -2.29. The highest BCUT2D eigenvalue weighted by atomic mass is 16.3. The first-order valence-corrected chi connectivity index (χ1v) is 10.2. The predicted molar refractivity (Wildman–Crippen MR) is 115 cm³/mol. The van der Waals surface area contributed by atoms with Gasteiger partial charge in [-0.3, -0.25) is 9.48 Å². The van der Waals surface area contributed by atoms with Crippen molar-refractivity contribution in [3.05, 3.63) is 35.4 Å². The Morgan fingerprint density at radius 1 is 1.03 bits per heavy atom. The standard InChI is InChI=1S/C22H26N4O4/c1-3-25(4-2)10-9-23-13-5-6-14-18-17(13)22(30)20-16(29)8-7-15(28)19(20)21(18)24-26(14)11-12-27/h5-8,23,27-29H,3-4,9-12H2,1-2H3. The minimum atomic E-state index is -0.356. The number of phenolic OH excluding ortho intramolecular Hbond substituents is 2. The molecule has 30 heavy (non-hydrogen) atoms. The molecule has 1 aromatic heterocycles. The number of likely N-dealkylation sites (N-methyl/N-ethyl adjacent to an activating group) is 1. The molecule has 0 fully saturated rings. The van der Waals surface area contributed by atoms with E-state index >= 15 is 0 Å². The molecule has 158 valence electrons. The van der Waals surface area contributed by atoms with Gasteiger partial charge in [-0.05, 0) is 37.4 Å². The molecule has 3 aromatic rings. The molecular weight excluding hydrogens is 384 g/mol. The summed E-state index contributed by atoms with van der Waals surface area (Å²) in [6.45, 7) is 7.75. The molecule has 2 aromatic carbocycles. The van der Waals surface area contributed by atoms with Crippen LogP contribution in [0.3, 0.4) is 0 Å². The van der Waals surface area contributed by atoms with E-state index in [0.717, 1.165) is 19.6 Å². The van der Waals surface area contributed by atoms with E-state index in [0.29, 0.717) is 34.4 Å². The van der Waals surface area contributed by atoms with Crippen molar-refractivity contribution < 1.29 is 20.1 Å². The van der Waals surface area contributed by atoms with E-state index in [1.54, 1.807) is 4.68 Å². The van der Waals surface area contributed by atoms with E-state index in [-0.39, 0.29) is 41.6 Å². The zero-order chi connectivity index (χ0) is 21.4. The largest absolute Gasteiger partial charge is 0.507 e. The lowest BCUT2D eigenvalue weighted by atomic mass is 9.85. The summed E-state index contributed by atoms with van der Waals surface area (Å²) in [4.78, 5) is 15.7. The van der Waals surface area contributed by atoms with E-state index < -0.39 is 0 Å². The molecule has 8 heteroatoms. The van der Waals surface area contributed by atoms with Gasteiger partial charge in [0.15, 0.2) is 5.78 Å². The Hall–Kier alpha value is -3.10. The van der Waals surface area contributed by atoms with Crippen LogP contribution >= 0.6 is 0 Å². The predicted octanol–water partition coefficient (Wildman–Crippen LogP) is 2.40. The molecule has 0 radical (unpaired) electrons. The minimum absolute atomic E-state index is 0.0519. The van der Waals surface area contributed by atoms with Crippen LogP contribution in [0.15, 0.2) is 24.3 Å². The van der Waals surface area contributed by atoms with E-state index in [2.05, 4.69) is 29.2 Å². The third kappa shape index (κ3) is 3.09. The van der Waals surface area contributed by atoms with Crippen molar-refractivity contribution in [2.45, 2.75) is 20.4 Å². The summed E-state index contributed by atoms with van der Waals surface area (Å²) in [5.74, 6) is -0.663. The van der Waals surface area contributed by atoms with Crippen LogP contribution in [0.4, 0.5) is 5.69 Å². The number of fused-ring (bicyclic) bond motifs is 2. The van der Waals surface area contributed by atoms with Crippen LogP contribution in [0.25, 0.3) is 22.2 Å². The number of rotatable bonds is 8. The summed E-state index contributed by atoms with van der Waals surface area (Å²) in [5, 5.41) is 38.8. The van der Waals surface area contributed by atoms with Crippen LogP contribution < -0.4 is 5.32 Å². The molecule has 0 amide bonds. The molecule has 0 aliphatic heterocycles. The maximum Gasteiger partial charge on any atom is 0.200 e. The quantitative estimate of drug-likeness (QED) is 0.330. The van der Waals surface area contributed by atoms with Gasteiger partial charge in [-0.25, -0.2) is 0 Å². The molecule has 8 nitrogen and oxygen atoms in total. The number of hydrogen-bond acceptors (Lipinski definition) is 7. The van der Waals surface area contributed by atoms with E-state index in [1.807, 2.05) is 12.1 Å².